The van der Waals surface area contributed by atoms with Gasteiger partial charge in [-0.05, 0) is 169 Å². The van der Waals surface area contributed by atoms with Gasteiger partial charge in [0, 0.05) is 36.3 Å². The summed E-state index contributed by atoms with van der Waals surface area (Å²) in [4.78, 5) is 33.7. The van der Waals surface area contributed by atoms with Gasteiger partial charge in [0.05, 0.1) is 12.1 Å². The van der Waals surface area contributed by atoms with Crippen molar-refractivity contribution in [2.75, 3.05) is 13.1 Å². The maximum atomic E-state index is 14.2. The standard InChI is InChI=1S/C39H60N4O2/c44-36(40-38-18-24-10-25(19-38)12-26(11-24)20-38)34-16-30-4-1-6-32(30)42(34)8-3-9-43-33-7-2-5-31(33)17-35(43)37(45)41-39-21-27-13-28(22-39)15-29(14-27)23-39/h24-35H,1-23H2,(H,40,44)(H,41,45)/t24?,25?,26?,27?,28?,29?,30-,31-,32-,33-,34-,35-,38?,39?/m0/s1. The maximum Gasteiger partial charge on any atom is 0.237 e. The second-order valence-corrected chi connectivity index (χ2v) is 19.2. The van der Waals surface area contributed by atoms with Crippen LogP contribution in [0.15, 0.2) is 0 Å². The Morgan fingerprint density at radius 2 is 0.867 bits per heavy atom. The van der Waals surface area contributed by atoms with Gasteiger partial charge in [0.15, 0.2) is 0 Å². The third-order valence-corrected chi connectivity index (χ3v) is 16.2. The van der Waals surface area contributed by atoms with E-state index >= 15 is 0 Å². The van der Waals surface area contributed by atoms with Crippen molar-refractivity contribution >= 4 is 11.8 Å². The average molecular weight is 617 g/mol. The van der Waals surface area contributed by atoms with Gasteiger partial charge in [-0.25, -0.2) is 0 Å². The Bertz CT molecular complexity index is 1040. The molecule has 0 aromatic carbocycles. The largest absolute Gasteiger partial charge is 0.349 e. The summed E-state index contributed by atoms with van der Waals surface area (Å²) >= 11 is 0. The van der Waals surface area contributed by atoms with Crippen LogP contribution in [0.3, 0.4) is 0 Å². The first-order valence-electron chi connectivity index (χ1n) is 20.1. The van der Waals surface area contributed by atoms with Crippen molar-refractivity contribution in [3.05, 3.63) is 0 Å². The fourth-order valence-corrected chi connectivity index (χ4v) is 15.6. The Balaban J connectivity index is 0.813. The summed E-state index contributed by atoms with van der Waals surface area (Å²) in [7, 11) is 0. The molecular formula is C39H60N4O2. The van der Waals surface area contributed by atoms with E-state index < -0.39 is 0 Å². The van der Waals surface area contributed by atoms with Crippen LogP contribution in [0.1, 0.15) is 135 Å². The lowest BCUT2D eigenvalue weighted by Crippen LogP contribution is -2.62. The van der Waals surface area contributed by atoms with E-state index in [2.05, 4.69) is 20.4 Å². The third kappa shape index (κ3) is 4.90. The summed E-state index contributed by atoms with van der Waals surface area (Å²) in [6, 6.07) is 1.35. The highest BCUT2D eigenvalue weighted by Gasteiger charge is 2.55. The number of rotatable bonds is 8. The molecule has 6 atom stereocenters. The van der Waals surface area contributed by atoms with E-state index in [-0.39, 0.29) is 23.2 Å². The topological polar surface area (TPSA) is 64.7 Å². The molecule has 8 bridgehead atoms. The minimum absolute atomic E-state index is 0.0706. The highest BCUT2D eigenvalue weighted by molar-refractivity contribution is 5.83. The van der Waals surface area contributed by atoms with Crippen LogP contribution in [0.4, 0.5) is 0 Å². The van der Waals surface area contributed by atoms with E-state index in [1.807, 2.05) is 0 Å². The monoisotopic (exact) mass is 616 g/mol. The quantitative estimate of drug-likeness (QED) is 0.350. The van der Waals surface area contributed by atoms with E-state index in [0.29, 0.717) is 35.7 Å². The SMILES string of the molecule is O=C(NC12CC3CC(CC(C3)C1)C2)[C@@H]1C[C@@H]2CCC[C@@H]2N1CCCN1[C@H](C(=O)NC23CC4CC(CC(C4)C2)C3)C[C@@H]2CCC[C@@H]21. The van der Waals surface area contributed by atoms with Crippen molar-refractivity contribution in [2.45, 2.75) is 170 Å². The molecule has 6 heteroatoms. The molecule has 10 saturated carbocycles. The minimum Gasteiger partial charge on any atom is -0.349 e. The van der Waals surface area contributed by atoms with Crippen molar-refractivity contribution < 1.29 is 9.59 Å². The van der Waals surface area contributed by atoms with Crippen molar-refractivity contribution in [2.24, 2.45) is 47.3 Å². The van der Waals surface area contributed by atoms with Crippen LogP contribution >= 0.6 is 0 Å². The zero-order valence-corrected chi connectivity index (χ0v) is 27.9. The zero-order valence-electron chi connectivity index (χ0n) is 27.9. The van der Waals surface area contributed by atoms with Gasteiger partial charge < -0.3 is 10.6 Å². The van der Waals surface area contributed by atoms with Crippen molar-refractivity contribution in [3.8, 4) is 0 Å². The summed E-state index contributed by atoms with van der Waals surface area (Å²) in [6.07, 6.45) is 27.1. The lowest BCUT2D eigenvalue weighted by molar-refractivity contribution is -0.132. The molecule has 6 nitrogen and oxygen atoms in total. The Morgan fingerprint density at radius 1 is 0.511 bits per heavy atom. The Kier molecular flexibility index (Phi) is 6.84. The fourth-order valence-electron chi connectivity index (χ4n) is 15.6. The molecule has 2 saturated heterocycles. The van der Waals surface area contributed by atoms with E-state index in [1.54, 1.807) is 0 Å². The number of fused-ring (bicyclic) bond motifs is 2. The molecule has 0 radical (unpaired) electrons. The fraction of sp³-hybridized carbons (Fsp3) is 0.949. The number of likely N-dealkylation sites (tertiary alicyclic amines) is 2. The highest BCUT2D eigenvalue weighted by Crippen LogP contribution is 2.57. The molecule has 248 valence electrons. The van der Waals surface area contributed by atoms with Gasteiger partial charge >= 0.3 is 0 Å². The molecule has 0 unspecified atom stereocenters. The van der Waals surface area contributed by atoms with E-state index in [0.717, 1.165) is 67.9 Å². The molecule has 12 fully saturated rings. The van der Waals surface area contributed by atoms with Gasteiger partial charge in [0.1, 0.15) is 0 Å². The first-order valence-corrected chi connectivity index (χ1v) is 20.1. The summed E-state index contributed by atoms with van der Waals surface area (Å²) in [5.41, 5.74) is 0.221. The normalized spacial score (nSPS) is 52.4. The van der Waals surface area contributed by atoms with E-state index in [1.165, 1.54) is 116 Å². The van der Waals surface area contributed by atoms with Gasteiger partial charge in [-0.15, -0.1) is 0 Å². The molecule has 2 aliphatic heterocycles. The summed E-state index contributed by atoms with van der Waals surface area (Å²) in [5.74, 6) is 7.35. The summed E-state index contributed by atoms with van der Waals surface area (Å²) in [6.45, 7) is 2.05. The predicted octanol–water partition coefficient (Wildman–Crippen LogP) is 6.03. The van der Waals surface area contributed by atoms with Crippen LogP contribution in [0.5, 0.6) is 0 Å². The van der Waals surface area contributed by atoms with Crippen molar-refractivity contribution in [1.29, 1.82) is 0 Å². The lowest BCUT2D eigenvalue weighted by atomic mass is 9.53. The van der Waals surface area contributed by atoms with Gasteiger partial charge in [-0.1, -0.05) is 12.8 Å². The first kappa shape index (κ1) is 28.8. The van der Waals surface area contributed by atoms with Crippen LogP contribution in [0.2, 0.25) is 0 Å². The lowest BCUT2D eigenvalue weighted by Gasteiger charge is -2.57. The van der Waals surface area contributed by atoms with Gasteiger partial charge in [-0.3, -0.25) is 19.4 Å². The average Bonchev–Trinajstić information content (AvgIpc) is 3.74. The zero-order chi connectivity index (χ0) is 29.9. The van der Waals surface area contributed by atoms with Gasteiger partial charge in [-0.2, -0.15) is 0 Å². The number of amides is 2. The van der Waals surface area contributed by atoms with Crippen LogP contribution in [-0.2, 0) is 9.59 Å². The van der Waals surface area contributed by atoms with Crippen LogP contribution in [0, 0.1) is 47.3 Å². The summed E-state index contributed by atoms with van der Waals surface area (Å²) in [5, 5.41) is 7.57. The van der Waals surface area contributed by atoms with E-state index in [9.17, 15) is 9.59 Å². The van der Waals surface area contributed by atoms with E-state index in [4.69, 9.17) is 0 Å². The molecule has 45 heavy (non-hydrogen) atoms. The molecule has 2 N–H and O–H groups in total. The molecule has 12 aliphatic rings. The second-order valence-electron chi connectivity index (χ2n) is 19.2. The summed E-state index contributed by atoms with van der Waals surface area (Å²) < 4.78 is 0. The molecule has 2 heterocycles. The third-order valence-electron chi connectivity index (χ3n) is 16.2. The maximum absolute atomic E-state index is 14.2. The molecule has 0 spiro atoms. The molecule has 0 aromatic heterocycles. The number of nitrogens with zero attached hydrogens (tertiary/aromatic N) is 2. The number of carbonyl (C=O) groups is 2. The number of hydrogen-bond acceptors (Lipinski definition) is 4. The van der Waals surface area contributed by atoms with Crippen molar-refractivity contribution in [1.82, 2.24) is 20.4 Å². The number of hydrogen-bond donors (Lipinski definition) is 2. The van der Waals surface area contributed by atoms with Crippen LogP contribution in [0.25, 0.3) is 0 Å². The van der Waals surface area contributed by atoms with Gasteiger partial charge in [0.2, 0.25) is 11.8 Å². The number of carbonyl (C=O) groups excluding carboxylic acids is 2. The minimum atomic E-state index is 0.0706. The predicted molar refractivity (Wildman–Crippen MR) is 175 cm³/mol. The molecule has 0 aromatic rings. The highest BCUT2D eigenvalue weighted by atomic mass is 16.2. The number of nitrogens with one attached hydrogen (secondary N) is 2. The molecular weight excluding hydrogens is 556 g/mol. The first-order chi connectivity index (χ1) is 21.9. The molecule has 12 rings (SSSR count). The van der Waals surface area contributed by atoms with Crippen molar-refractivity contribution in [3.63, 3.8) is 0 Å². The Hall–Kier alpha value is -1.14. The Morgan fingerprint density at radius 3 is 1.22 bits per heavy atom. The molecule has 10 aliphatic carbocycles. The Labute approximate surface area is 271 Å². The van der Waals surface area contributed by atoms with Gasteiger partial charge in [0.25, 0.3) is 0 Å². The smallest absolute Gasteiger partial charge is 0.237 e. The molecule has 2 amide bonds. The van der Waals surface area contributed by atoms with Crippen LogP contribution in [-0.4, -0.2) is 69.9 Å². The van der Waals surface area contributed by atoms with Crippen LogP contribution < -0.4 is 10.6 Å². The second kappa shape index (κ2) is 10.7.